The number of rotatable bonds is 5. The van der Waals surface area contributed by atoms with Gasteiger partial charge in [0.25, 0.3) is 6.43 Å². The van der Waals surface area contributed by atoms with Gasteiger partial charge in [-0.25, -0.2) is 18.7 Å². The van der Waals surface area contributed by atoms with Gasteiger partial charge in [0.2, 0.25) is 0 Å². The molecule has 5 nitrogen and oxygen atoms in total. The van der Waals surface area contributed by atoms with E-state index < -0.39 is 13.0 Å². The maximum atomic E-state index is 12.7. The summed E-state index contributed by atoms with van der Waals surface area (Å²) in [5.74, 6) is 0. The zero-order valence-electron chi connectivity index (χ0n) is 12.2. The Balaban J connectivity index is 2.11. The molecular weight excluding hydrogens is 320 g/mol. The third kappa shape index (κ3) is 3.53. The van der Waals surface area contributed by atoms with Crippen molar-refractivity contribution >= 4 is 11.8 Å². The lowest BCUT2D eigenvalue weighted by atomic mass is 10.1. The van der Waals surface area contributed by atoms with Gasteiger partial charge in [-0.05, 0) is 24.5 Å². The molecule has 0 N–H and O–H groups in total. The van der Waals surface area contributed by atoms with Gasteiger partial charge in [-0.3, -0.25) is 9.67 Å². The molecule has 3 aromatic rings. The summed E-state index contributed by atoms with van der Waals surface area (Å²) >= 11 is 1.41. The van der Waals surface area contributed by atoms with Crippen LogP contribution in [0.25, 0.3) is 22.5 Å². The Labute approximate surface area is 135 Å². The molecule has 3 heterocycles. The lowest BCUT2D eigenvalue weighted by molar-refractivity contribution is 0.122. The Hall–Kier alpha value is -2.35. The molecule has 0 aromatic carbocycles. The van der Waals surface area contributed by atoms with Crippen LogP contribution in [0.3, 0.4) is 0 Å². The quantitative estimate of drug-likeness (QED) is 0.529. The monoisotopic (exact) mass is 333 g/mol. The van der Waals surface area contributed by atoms with Crippen molar-refractivity contribution in [2.75, 3.05) is 6.26 Å². The molecule has 118 valence electrons. The number of halogens is 2. The van der Waals surface area contributed by atoms with E-state index in [0.29, 0.717) is 22.1 Å². The van der Waals surface area contributed by atoms with E-state index in [-0.39, 0.29) is 0 Å². The molecule has 0 unspecified atom stereocenters. The summed E-state index contributed by atoms with van der Waals surface area (Å²) in [6.07, 6.45) is 5.93. The van der Waals surface area contributed by atoms with Crippen LogP contribution in [0.4, 0.5) is 8.78 Å². The summed E-state index contributed by atoms with van der Waals surface area (Å²) in [6.45, 7) is -0.465. The Morgan fingerprint density at radius 3 is 2.83 bits per heavy atom. The molecule has 0 atom stereocenters. The molecule has 0 spiro atoms. The number of thioether (sulfide) groups is 1. The third-order valence-corrected chi connectivity index (χ3v) is 3.68. The van der Waals surface area contributed by atoms with E-state index in [2.05, 4.69) is 20.1 Å². The minimum Gasteiger partial charge on any atom is -0.266 e. The minimum atomic E-state index is -2.48. The van der Waals surface area contributed by atoms with Crippen molar-refractivity contribution in [3.05, 3.63) is 43.0 Å². The van der Waals surface area contributed by atoms with Gasteiger partial charge >= 0.3 is 0 Å². The molecule has 0 aliphatic carbocycles. The molecule has 0 aliphatic rings. The second-order valence-electron chi connectivity index (χ2n) is 4.67. The first-order chi connectivity index (χ1) is 11.2. The average Bonchev–Trinajstić information content (AvgIpc) is 2.99. The van der Waals surface area contributed by atoms with Gasteiger partial charge in [-0.1, -0.05) is 11.8 Å². The zero-order valence-corrected chi connectivity index (χ0v) is 13.0. The molecule has 3 rings (SSSR count). The molecule has 0 bridgehead atoms. The van der Waals surface area contributed by atoms with Crippen LogP contribution in [0.2, 0.25) is 0 Å². The van der Waals surface area contributed by atoms with Gasteiger partial charge in [0.05, 0.1) is 5.69 Å². The summed E-state index contributed by atoms with van der Waals surface area (Å²) in [4.78, 5) is 12.6. The molecular formula is C15H13F2N5S. The largest absolute Gasteiger partial charge is 0.266 e. The highest BCUT2D eigenvalue weighted by Gasteiger charge is 2.16. The van der Waals surface area contributed by atoms with Crippen LogP contribution >= 0.6 is 11.8 Å². The van der Waals surface area contributed by atoms with Crippen molar-refractivity contribution in [2.24, 2.45) is 0 Å². The highest BCUT2D eigenvalue weighted by molar-refractivity contribution is 7.98. The molecule has 0 amide bonds. The molecule has 23 heavy (non-hydrogen) atoms. The Kier molecular flexibility index (Phi) is 4.61. The number of hydrogen-bond donors (Lipinski definition) is 0. The fourth-order valence-electron chi connectivity index (χ4n) is 2.15. The number of alkyl halides is 2. The summed E-state index contributed by atoms with van der Waals surface area (Å²) in [6, 6.07) is 5.35. The van der Waals surface area contributed by atoms with Crippen molar-refractivity contribution < 1.29 is 8.78 Å². The maximum absolute atomic E-state index is 12.7. The van der Waals surface area contributed by atoms with Crippen LogP contribution in [0, 0.1) is 0 Å². The number of pyridine rings is 1. The Bertz CT molecular complexity index is 792. The van der Waals surface area contributed by atoms with Crippen LogP contribution in [-0.4, -0.2) is 37.4 Å². The van der Waals surface area contributed by atoms with Crippen molar-refractivity contribution in [3.63, 3.8) is 0 Å². The topological polar surface area (TPSA) is 56.5 Å². The van der Waals surface area contributed by atoms with Gasteiger partial charge in [0, 0.05) is 35.9 Å². The van der Waals surface area contributed by atoms with E-state index in [1.165, 1.54) is 16.4 Å². The average molecular weight is 333 g/mol. The number of nitrogens with zero attached hydrogens (tertiary/aromatic N) is 5. The van der Waals surface area contributed by atoms with Crippen LogP contribution in [0.5, 0.6) is 0 Å². The first kappa shape index (κ1) is 15.5. The third-order valence-electron chi connectivity index (χ3n) is 3.11. The second-order valence-corrected chi connectivity index (χ2v) is 5.45. The van der Waals surface area contributed by atoms with Crippen LogP contribution in [-0.2, 0) is 6.54 Å². The second kappa shape index (κ2) is 6.82. The van der Waals surface area contributed by atoms with Crippen LogP contribution in [0.15, 0.2) is 48.1 Å². The molecule has 0 radical (unpaired) electrons. The van der Waals surface area contributed by atoms with Crippen LogP contribution in [0.1, 0.15) is 0 Å². The number of hydrogen-bond acceptors (Lipinski definition) is 5. The Morgan fingerprint density at radius 1 is 1.26 bits per heavy atom. The first-order valence-corrected chi connectivity index (χ1v) is 8.03. The molecule has 8 heteroatoms. The number of aromatic nitrogens is 5. The molecule has 0 aliphatic heterocycles. The smallest absolute Gasteiger partial charge is 0.257 e. The highest BCUT2D eigenvalue weighted by Crippen LogP contribution is 2.30. The predicted octanol–water partition coefficient (Wildman–Crippen LogP) is 3.39. The van der Waals surface area contributed by atoms with Gasteiger partial charge < -0.3 is 0 Å². The van der Waals surface area contributed by atoms with Gasteiger partial charge in [0.1, 0.15) is 12.2 Å². The SMILES string of the molecule is CSc1nccc(-c2cn(CC(F)F)nc2-c2cccnc2)n1. The van der Waals surface area contributed by atoms with Crippen molar-refractivity contribution in [1.29, 1.82) is 0 Å². The van der Waals surface area contributed by atoms with E-state index >= 15 is 0 Å². The summed E-state index contributed by atoms with van der Waals surface area (Å²) in [7, 11) is 0. The van der Waals surface area contributed by atoms with Gasteiger partial charge in [0.15, 0.2) is 5.16 Å². The fourth-order valence-corrected chi connectivity index (χ4v) is 2.50. The fraction of sp³-hybridized carbons (Fsp3) is 0.200. The lowest BCUT2D eigenvalue weighted by Crippen LogP contribution is -2.06. The van der Waals surface area contributed by atoms with E-state index in [1.54, 1.807) is 36.9 Å². The highest BCUT2D eigenvalue weighted by atomic mass is 32.2. The van der Waals surface area contributed by atoms with Crippen molar-refractivity contribution in [3.8, 4) is 22.5 Å². The maximum Gasteiger partial charge on any atom is 0.257 e. The van der Waals surface area contributed by atoms with Crippen molar-refractivity contribution in [1.82, 2.24) is 24.7 Å². The van der Waals surface area contributed by atoms with Crippen LogP contribution < -0.4 is 0 Å². The van der Waals surface area contributed by atoms with E-state index in [9.17, 15) is 8.78 Å². The van der Waals surface area contributed by atoms with Gasteiger partial charge in [-0.2, -0.15) is 5.10 Å². The standard InChI is InChI=1S/C15H13F2N5S/c1-23-15-19-6-4-12(20-15)11-8-22(9-13(16)17)21-14(11)10-3-2-5-18-7-10/h2-8,13H,9H2,1H3. The van der Waals surface area contributed by atoms with Crippen molar-refractivity contribution in [2.45, 2.75) is 18.1 Å². The normalized spacial score (nSPS) is 11.1. The zero-order chi connectivity index (χ0) is 16.2. The summed E-state index contributed by atoms with van der Waals surface area (Å²) in [5, 5.41) is 4.89. The Morgan fingerprint density at radius 2 is 2.13 bits per heavy atom. The minimum absolute atomic E-state index is 0.465. The molecule has 3 aromatic heterocycles. The summed E-state index contributed by atoms with van der Waals surface area (Å²) in [5.41, 5.74) is 2.64. The summed E-state index contributed by atoms with van der Waals surface area (Å²) < 4.78 is 26.6. The van der Waals surface area contributed by atoms with E-state index in [4.69, 9.17) is 0 Å². The van der Waals surface area contributed by atoms with E-state index in [1.807, 2.05) is 12.3 Å². The first-order valence-electron chi connectivity index (χ1n) is 6.81. The molecule has 0 fully saturated rings. The lowest BCUT2D eigenvalue weighted by Gasteiger charge is -2.02. The molecule has 0 saturated heterocycles. The van der Waals surface area contributed by atoms with Gasteiger partial charge in [-0.15, -0.1) is 0 Å². The van der Waals surface area contributed by atoms with E-state index in [0.717, 1.165) is 5.56 Å². The predicted molar refractivity (Wildman–Crippen MR) is 84.3 cm³/mol. The molecule has 0 saturated carbocycles.